The van der Waals surface area contributed by atoms with E-state index >= 15 is 0 Å². The molecule has 0 spiro atoms. The molecule has 0 aromatic heterocycles. The highest BCUT2D eigenvalue weighted by Crippen LogP contribution is 2.65. The lowest BCUT2D eigenvalue weighted by atomic mass is 9.63. The van der Waals surface area contributed by atoms with Crippen molar-refractivity contribution < 1.29 is 14.4 Å². The summed E-state index contributed by atoms with van der Waals surface area (Å²) in [5.74, 6) is 0.164. The summed E-state index contributed by atoms with van der Waals surface area (Å²) in [6.07, 6.45) is 5.37. The van der Waals surface area contributed by atoms with Crippen LogP contribution >= 0.6 is 11.6 Å². The number of imide groups is 1. The maximum Gasteiger partial charge on any atom is 0.244 e. The van der Waals surface area contributed by atoms with Gasteiger partial charge >= 0.3 is 0 Å². The molecule has 1 aliphatic heterocycles. The van der Waals surface area contributed by atoms with Crippen molar-refractivity contribution in [1.29, 1.82) is 0 Å². The molecule has 1 N–H and O–H groups in total. The number of amides is 3. The van der Waals surface area contributed by atoms with Crippen molar-refractivity contribution in [2.75, 3.05) is 11.9 Å². The van der Waals surface area contributed by atoms with E-state index in [0.717, 1.165) is 11.3 Å². The fourth-order valence-corrected chi connectivity index (χ4v) is 5.25. The Morgan fingerprint density at radius 3 is 2.28 bits per heavy atom. The molecule has 25 heavy (non-hydrogen) atoms. The maximum atomic E-state index is 12.8. The Bertz CT molecular complexity index is 800. The summed E-state index contributed by atoms with van der Waals surface area (Å²) in [5, 5.41) is 3.10. The average Bonchev–Trinajstić information content (AvgIpc) is 3.38. The number of likely N-dealkylation sites (tertiary alicyclic amines) is 1. The topological polar surface area (TPSA) is 66.5 Å². The maximum absolute atomic E-state index is 12.8. The molecule has 128 valence electrons. The Morgan fingerprint density at radius 2 is 1.68 bits per heavy atom. The van der Waals surface area contributed by atoms with Crippen molar-refractivity contribution in [3.63, 3.8) is 0 Å². The van der Waals surface area contributed by atoms with E-state index < -0.39 is 5.91 Å². The number of nitrogens with zero attached hydrogens (tertiary/aromatic N) is 1. The Hall–Kier alpha value is -2.14. The van der Waals surface area contributed by atoms with Gasteiger partial charge in [-0.25, -0.2) is 0 Å². The van der Waals surface area contributed by atoms with E-state index in [0.29, 0.717) is 22.5 Å². The molecule has 2 bridgehead atoms. The summed E-state index contributed by atoms with van der Waals surface area (Å²) in [4.78, 5) is 39.1. The van der Waals surface area contributed by atoms with Crippen LogP contribution in [0.3, 0.4) is 0 Å². The van der Waals surface area contributed by atoms with Crippen molar-refractivity contribution in [1.82, 2.24) is 4.90 Å². The molecule has 6 atom stereocenters. The number of rotatable bonds is 3. The molecule has 4 aliphatic carbocycles. The van der Waals surface area contributed by atoms with Crippen LogP contribution in [0, 0.1) is 35.5 Å². The lowest BCUT2D eigenvalue weighted by Crippen LogP contribution is -2.40. The van der Waals surface area contributed by atoms with Gasteiger partial charge in [-0.05, 0) is 42.2 Å². The van der Waals surface area contributed by atoms with Gasteiger partial charge in [-0.2, -0.15) is 0 Å². The first-order valence-electron chi connectivity index (χ1n) is 8.64. The van der Waals surface area contributed by atoms with Gasteiger partial charge in [0.1, 0.15) is 6.54 Å². The summed E-state index contributed by atoms with van der Waals surface area (Å²) in [7, 11) is 0. The highest BCUT2D eigenvalue weighted by molar-refractivity contribution is 6.33. The first-order chi connectivity index (χ1) is 12.1. The molecule has 1 aromatic rings. The number of benzene rings is 1. The monoisotopic (exact) mass is 356 g/mol. The predicted octanol–water partition coefficient (Wildman–Crippen LogP) is 2.33. The van der Waals surface area contributed by atoms with Crippen LogP contribution in [0.4, 0.5) is 5.69 Å². The highest BCUT2D eigenvalue weighted by Gasteiger charge is 2.67. The summed E-state index contributed by atoms with van der Waals surface area (Å²) >= 11 is 6.04. The number of hydrogen-bond acceptors (Lipinski definition) is 3. The van der Waals surface area contributed by atoms with E-state index in [-0.39, 0.29) is 42.0 Å². The van der Waals surface area contributed by atoms with E-state index in [1.807, 2.05) is 0 Å². The second-order valence-electron chi connectivity index (χ2n) is 7.45. The molecule has 1 aromatic carbocycles. The van der Waals surface area contributed by atoms with Crippen molar-refractivity contribution >= 4 is 35.0 Å². The molecule has 3 amide bonds. The Labute approximate surface area is 150 Å². The fraction of sp³-hybridized carbons (Fsp3) is 0.421. The molecular weight excluding hydrogens is 340 g/mol. The summed E-state index contributed by atoms with van der Waals surface area (Å²) < 4.78 is 0. The van der Waals surface area contributed by atoms with E-state index in [1.54, 1.807) is 24.3 Å². The van der Waals surface area contributed by atoms with Gasteiger partial charge < -0.3 is 5.32 Å². The fourth-order valence-electron chi connectivity index (χ4n) is 5.07. The minimum atomic E-state index is -0.404. The normalized spacial score (nSPS) is 37.1. The number of carbonyl (C=O) groups excluding carboxylic acids is 3. The quantitative estimate of drug-likeness (QED) is 0.667. The van der Waals surface area contributed by atoms with E-state index in [1.165, 1.54) is 0 Å². The highest BCUT2D eigenvalue weighted by atomic mass is 35.5. The van der Waals surface area contributed by atoms with Crippen LogP contribution in [0.15, 0.2) is 36.4 Å². The zero-order valence-electron chi connectivity index (χ0n) is 13.4. The molecule has 6 rings (SSSR count). The smallest absolute Gasteiger partial charge is 0.244 e. The minimum absolute atomic E-state index is 0.174. The Kier molecular flexibility index (Phi) is 3.14. The zero-order valence-corrected chi connectivity index (χ0v) is 14.1. The number of hydrogen-bond donors (Lipinski definition) is 1. The molecule has 5 nitrogen and oxygen atoms in total. The second-order valence-corrected chi connectivity index (χ2v) is 7.85. The van der Waals surface area contributed by atoms with Crippen molar-refractivity contribution in [3.05, 3.63) is 41.4 Å². The van der Waals surface area contributed by atoms with Crippen LogP contribution in [-0.4, -0.2) is 29.2 Å². The minimum Gasteiger partial charge on any atom is -0.323 e. The number of nitrogens with one attached hydrogen (secondary N) is 1. The average molecular weight is 357 g/mol. The van der Waals surface area contributed by atoms with E-state index in [2.05, 4.69) is 17.5 Å². The first-order valence-corrected chi connectivity index (χ1v) is 9.02. The SMILES string of the molecule is O=C(CN1C(=O)[C@@H]2[C@@H]3C=C[C@H]([C@H]4C[C@H]34)[C@@H]2C1=O)Nc1ccccc1Cl. The van der Waals surface area contributed by atoms with Gasteiger partial charge in [0.25, 0.3) is 0 Å². The predicted molar refractivity (Wildman–Crippen MR) is 91.5 cm³/mol. The van der Waals surface area contributed by atoms with Gasteiger partial charge in [-0.15, -0.1) is 0 Å². The van der Waals surface area contributed by atoms with Crippen molar-refractivity contribution in [2.24, 2.45) is 35.5 Å². The summed E-state index contributed by atoms with van der Waals surface area (Å²) in [5.41, 5.74) is 0.480. The van der Waals surface area contributed by atoms with Crippen LogP contribution in [0.5, 0.6) is 0 Å². The van der Waals surface area contributed by atoms with Crippen molar-refractivity contribution in [2.45, 2.75) is 6.42 Å². The number of carbonyl (C=O) groups is 3. The molecule has 2 saturated carbocycles. The zero-order chi connectivity index (χ0) is 17.3. The number of anilines is 1. The third kappa shape index (κ3) is 2.11. The Balaban J connectivity index is 1.34. The Morgan fingerprint density at radius 1 is 1.08 bits per heavy atom. The molecule has 0 unspecified atom stereocenters. The van der Waals surface area contributed by atoms with E-state index in [4.69, 9.17) is 11.6 Å². The van der Waals surface area contributed by atoms with Gasteiger partial charge in [-0.3, -0.25) is 19.3 Å². The first kappa shape index (κ1) is 15.1. The molecule has 3 fully saturated rings. The van der Waals surface area contributed by atoms with Gasteiger partial charge in [0.2, 0.25) is 17.7 Å². The summed E-state index contributed by atoms with van der Waals surface area (Å²) in [6.45, 7) is -0.245. The van der Waals surface area contributed by atoms with Gasteiger partial charge in [0.05, 0.1) is 22.5 Å². The largest absolute Gasteiger partial charge is 0.323 e. The number of allylic oxidation sites excluding steroid dienone is 2. The molecule has 6 heteroatoms. The molecule has 1 saturated heterocycles. The molecule has 1 heterocycles. The van der Waals surface area contributed by atoms with Crippen molar-refractivity contribution in [3.8, 4) is 0 Å². The molecular formula is C19H17ClN2O3. The van der Waals surface area contributed by atoms with Crippen LogP contribution in [0.1, 0.15) is 6.42 Å². The third-order valence-corrected chi connectivity index (χ3v) is 6.53. The lowest BCUT2D eigenvalue weighted by molar-refractivity contribution is -0.142. The molecule has 0 radical (unpaired) electrons. The number of para-hydroxylation sites is 1. The standard InChI is InChI=1S/C19H17ClN2O3/c20-13-3-1-2-4-14(13)21-15(23)8-22-18(24)16-9-5-6-10(12-7-11(9)12)17(16)19(22)25/h1-6,9-12,16-17H,7-8H2,(H,21,23)/t9-,10-,11-,12-,16-,17+/m1/s1. The van der Waals surface area contributed by atoms with Crippen LogP contribution in [0.2, 0.25) is 5.02 Å². The van der Waals surface area contributed by atoms with Crippen LogP contribution < -0.4 is 5.32 Å². The van der Waals surface area contributed by atoms with Gasteiger partial charge in [0, 0.05) is 0 Å². The number of halogens is 1. The third-order valence-electron chi connectivity index (χ3n) is 6.20. The second kappa shape index (κ2) is 5.18. The van der Waals surface area contributed by atoms with Crippen LogP contribution in [-0.2, 0) is 14.4 Å². The van der Waals surface area contributed by atoms with Gasteiger partial charge in [0.15, 0.2) is 0 Å². The van der Waals surface area contributed by atoms with E-state index in [9.17, 15) is 14.4 Å². The summed E-state index contributed by atoms with van der Waals surface area (Å²) in [6, 6.07) is 6.89. The van der Waals surface area contributed by atoms with Crippen LogP contribution in [0.25, 0.3) is 0 Å². The van der Waals surface area contributed by atoms with Gasteiger partial charge in [-0.1, -0.05) is 35.9 Å². The lowest BCUT2D eigenvalue weighted by Gasteiger charge is -2.37. The molecule has 5 aliphatic rings.